The Morgan fingerprint density at radius 1 is 1.32 bits per heavy atom. The van der Waals surface area contributed by atoms with Crippen LogP contribution in [0.1, 0.15) is 17.0 Å². The van der Waals surface area contributed by atoms with E-state index >= 15 is 0 Å². The highest BCUT2D eigenvalue weighted by Crippen LogP contribution is 2.27. The summed E-state index contributed by atoms with van der Waals surface area (Å²) < 4.78 is 0. The van der Waals surface area contributed by atoms with Crippen LogP contribution in [0.3, 0.4) is 0 Å². The minimum absolute atomic E-state index is 0.00386. The first-order valence-electron chi connectivity index (χ1n) is 5.65. The highest BCUT2D eigenvalue weighted by atomic mass is 32.2. The van der Waals surface area contributed by atoms with Crippen molar-refractivity contribution in [2.45, 2.75) is 23.8 Å². The van der Waals surface area contributed by atoms with E-state index in [-0.39, 0.29) is 5.84 Å². The van der Waals surface area contributed by atoms with Gasteiger partial charge in [-0.25, -0.2) is 4.98 Å². The topological polar surface area (TPSA) is 84.4 Å². The average molecular weight is 274 g/mol. The number of rotatable bonds is 3. The van der Waals surface area contributed by atoms with E-state index in [1.807, 2.05) is 32.0 Å². The third kappa shape index (κ3) is 3.45. The molecule has 0 aliphatic rings. The fourth-order valence-corrected chi connectivity index (χ4v) is 2.62. The Labute approximate surface area is 115 Å². The average Bonchev–Trinajstić information content (AvgIpc) is 2.37. The molecule has 6 heteroatoms. The number of aryl methyl sites for hydroxylation is 2. The molecular weight excluding hydrogens is 260 g/mol. The van der Waals surface area contributed by atoms with Crippen LogP contribution in [0.2, 0.25) is 0 Å². The lowest BCUT2D eigenvalue weighted by molar-refractivity contribution is 0.318. The molecule has 0 atom stereocenters. The molecular formula is C13H14N4OS. The Balaban J connectivity index is 2.28. The van der Waals surface area contributed by atoms with Crippen molar-refractivity contribution in [3.63, 3.8) is 0 Å². The molecule has 0 aromatic carbocycles. The van der Waals surface area contributed by atoms with Gasteiger partial charge in [0.25, 0.3) is 0 Å². The van der Waals surface area contributed by atoms with Gasteiger partial charge in [-0.1, -0.05) is 16.9 Å². The zero-order chi connectivity index (χ0) is 13.8. The van der Waals surface area contributed by atoms with Gasteiger partial charge in [0.05, 0.1) is 0 Å². The van der Waals surface area contributed by atoms with E-state index in [1.54, 1.807) is 12.3 Å². The van der Waals surface area contributed by atoms with Crippen molar-refractivity contribution in [1.29, 1.82) is 0 Å². The maximum Gasteiger partial charge on any atom is 0.188 e. The van der Waals surface area contributed by atoms with Gasteiger partial charge in [0, 0.05) is 16.8 Å². The van der Waals surface area contributed by atoms with Gasteiger partial charge < -0.3 is 10.9 Å². The van der Waals surface area contributed by atoms with Crippen molar-refractivity contribution < 1.29 is 5.21 Å². The molecule has 0 spiro atoms. The van der Waals surface area contributed by atoms with Crippen LogP contribution in [-0.4, -0.2) is 21.0 Å². The first kappa shape index (κ1) is 13.4. The predicted molar refractivity (Wildman–Crippen MR) is 74.6 cm³/mol. The van der Waals surface area contributed by atoms with Crippen molar-refractivity contribution >= 4 is 17.6 Å². The zero-order valence-electron chi connectivity index (χ0n) is 10.7. The Morgan fingerprint density at radius 2 is 2.11 bits per heavy atom. The molecule has 0 bridgehead atoms. The molecule has 0 aliphatic carbocycles. The lowest BCUT2D eigenvalue weighted by Crippen LogP contribution is -2.14. The Hall–Kier alpha value is -2.08. The van der Waals surface area contributed by atoms with Crippen LogP contribution in [0.25, 0.3) is 0 Å². The number of nitrogens with zero attached hydrogens (tertiary/aromatic N) is 3. The van der Waals surface area contributed by atoms with E-state index in [0.717, 1.165) is 15.6 Å². The predicted octanol–water partition coefficient (Wildman–Crippen LogP) is 2.34. The molecule has 0 saturated heterocycles. The lowest BCUT2D eigenvalue weighted by Gasteiger charge is -2.05. The van der Waals surface area contributed by atoms with E-state index < -0.39 is 0 Å². The summed E-state index contributed by atoms with van der Waals surface area (Å²) >= 11 is 1.51. The summed E-state index contributed by atoms with van der Waals surface area (Å²) in [7, 11) is 0. The van der Waals surface area contributed by atoms with Crippen molar-refractivity contribution in [2.75, 3.05) is 0 Å². The lowest BCUT2D eigenvalue weighted by atomic mass is 10.3. The minimum atomic E-state index is -0.00386. The monoisotopic (exact) mass is 274 g/mol. The fourth-order valence-electron chi connectivity index (χ4n) is 1.64. The van der Waals surface area contributed by atoms with Gasteiger partial charge in [0.15, 0.2) is 5.84 Å². The third-order valence-electron chi connectivity index (χ3n) is 2.40. The van der Waals surface area contributed by atoms with Crippen LogP contribution in [0.5, 0.6) is 0 Å². The maximum absolute atomic E-state index is 8.65. The van der Waals surface area contributed by atoms with Crippen LogP contribution in [0, 0.1) is 13.8 Å². The van der Waals surface area contributed by atoms with Crippen LogP contribution in [0.15, 0.2) is 45.5 Å². The van der Waals surface area contributed by atoms with E-state index in [1.165, 1.54) is 17.3 Å². The van der Waals surface area contributed by atoms with E-state index in [9.17, 15) is 0 Å². The number of aromatic nitrogens is 2. The summed E-state index contributed by atoms with van der Waals surface area (Å²) in [6.07, 6.45) is 1.62. The van der Waals surface area contributed by atoms with Crippen LogP contribution < -0.4 is 5.73 Å². The zero-order valence-corrected chi connectivity index (χ0v) is 11.5. The molecule has 0 unspecified atom stereocenters. The summed E-state index contributed by atoms with van der Waals surface area (Å²) in [5, 5.41) is 12.5. The third-order valence-corrected chi connectivity index (χ3v) is 3.31. The number of hydrogen-bond acceptors (Lipinski definition) is 5. The second-order valence-electron chi connectivity index (χ2n) is 4.09. The van der Waals surface area contributed by atoms with E-state index in [4.69, 9.17) is 10.9 Å². The summed E-state index contributed by atoms with van der Waals surface area (Å²) in [6, 6.07) is 7.66. The molecule has 2 rings (SSSR count). The van der Waals surface area contributed by atoms with Gasteiger partial charge in [-0.15, -0.1) is 0 Å². The number of oxime groups is 1. The molecule has 0 amide bonds. The Morgan fingerprint density at radius 3 is 2.79 bits per heavy atom. The Kier molecular flexibility index (Phi) is 4.01. The SMILES string of the molecule is Cc1cc(C)nc(Sc2ccnc(/C(N)=N/O)c2)c1. The van der Waals surface area contributed by atoms with Gasteiger partial charge in [-0.05, 0) is 43.7 Å². The summed E-state index contributed by atoms with van der Waals surface area (Å²) in [6.45, 7) is 4.00. The number of pyridine rings is 2. The fraction of sp³-hybridized carbons (Fsp3) is 0.154. The van der Waals surface area contributed by atoms with Crippen molar-refractivity contribution in [3.8, 4) is 0 Å². The standard InChI is InChI=1S/C13H14N4OS/c1-8-5-9(2)16-12(6-8)19-10-3-4-15-11(7-10)13(14)17-18/h3-7,18H,1-2H3,(H2,14,17). The molecule has 0 fully saturated rings. The van der Waals surface area contributed by atoms with Crippen molar-refractivity contribution in [3.05, 3.63) is 47.4 Å². The molecule has 2 aromatic rings. The molecule has 5 nitrogen and oxygen atoms in total. The van der Waals surface area contributed by atoms with Gasteiger partial charge in [0.1, 0.15) is 10.7 Å². The first-order chi connectivity index (χ1) is 9.08. The molecule has 98 valence electrons. The van der Waals surface area contributed by atoms with Gasteiger partial charge >= 0.3 is 0 Å². The molecule has 0 aliphatic heterocycles. The van der Waals surface area contributed by atoms with Crippen molar-refractivity contribution in [2.24, 2.45) is 10.9 Å². The largest absolute Gasteiger partial charge is 0.409 e. The summed E-state index contributed by atoms with van der Waals surface area (Å²) in [5.74, 6) is -0.00386. The highest BCUT2D eigenvalue weighted by Gasteiger charge is 2.05. The molecule has 0 radical (unpaired) electrons. The first-order valence-corrected chi connectivity index (χ1v) is 6.47. The van der Waals surface area contributed by atoms with E-state index in [2.05, 4.69) is 15.1 Å². The molecule has 3 N–H and O–H groups in total. The van der Waals surface area contributed by atoms with Gasteiger partial charge in [-0.2, -0.15) is 0 Å². The minimum Gasteiger partial charge on any atom is -0.409 e. The van der Waals surface area contributed by atoms with Crippen LogP contribution in [-0.2, 0) is 0 Å². The van der Waals surface area contributed by atoms with E-state index in [0.29, 0.717) is 5.69 Å². The smallest absolute Gasteiger partial charge is 0.188 e. The van der Waals surface area contributed by atoms with Crippen LogP contribution in [0.4, 0.5) is 0 Å². The maximum atomic E-state index is 8.65. The number of nitrogens with two attached hydrogens (primary N) is 1. The quantitative estimate of drug-likeness (QED) is 0.388. The van der Waals surface area contributed by atoms with Crippen molar-refractivity contribution in [1.82, 2.24) is 9.97 Å². The van der Waals surface area contributed by atoms with Gasteiger partial charge in [0.2, 0.25) is 0 Å². The molecule has 0 saturated carbocycles. The number of amidine groups is 1. The number of hydrogen-bond donors (Lipinski definition) is 2. The summed E-state index contributed by atoms with van der Waals surface area (Å²) in [5.41, 5.74) is 8.11. The second-order valence-corrected chi connectivity index (χ2v) is 5.18. The molecule has 2 heterocycles. The summed E-state index contributed by atoms with van der Waals surface area (Å²) in [4.78, 5) is 9.43. The Bertz CT molecular complexity index is 608. The normalized spacial score (nSPS) is 11.6. The highest BCUT2D eigenvalue weighted by molar-refractivity contribution is 7.99. The molecule has 2 aromatic heterocycles. The van der Waals surface area contributed by atoms with Crippen LogP contribution >= 0.6 is 11.8 Å². The molecule has 19 heavy (non-hydrogen) atoms. The second kappa shape index (κ2) is 5.71. The van der Waals surface area contributed by atoms with Gasteiger partial charge in [-0.3, -0.25) is 4.98 Å².